The first-order chi connectivity index (χ1) is 9.34. The van der Waals surface area contributed by atoms with Crippen molar-refractivity contribution in [2.75, 3.05) is 19.6 Å². The largest absolute Gasteiger partial charge is 0.294 e. The summed E-state index contributed by atoms with van der Waals surface area (Å²) in [5.74, 6) is -0.0212. The highest BCUT2D eigenvalue weighted by Crippen LogP contribution is 2.09. The molecule has 2 heterocycles. The van der Waals surface area contributed by atoms with E-state index < -0.39 is 0 Å². The number of amides is 1. The van der Waals surface area contributed by atoms with Crippen LogP contribution in [-0.4, -0.2) is 36.7 Å². The first kappa shape index (κ1) is 14.2. The molecule has 0 aromatic carbocycles. The lowest BCUT2D eigenvalue weighted by Gasteiger charge is -2.23. The molecule has 0 spiro atoms. The van der Waals surface area contributed by atoms with Crippen LogP contribution in [0.15, 0.2) is 21.9 Å². The molecular weight excluding hydrogens is 258 g/mol. The van der Waals surface area contributed by atoms with Crippen LogP contribution in [0.5, 0.6) is 0 Å². The third kappa shape index (κ3) is 5.53. The number of likely N-dealkylation sites (tertiary alicyclic amines) is 1. The lowest BCUT2D eigenvalue weighted by atomic mass is 10.1. The summed E-state index contributed by atoms with van der Waals surface area (Å²) in [7, 11) is 0. The molecule has 1 saturated heterocycles. The van der Waals surface area contributed by atoms with Crippen LogP contribution in [0.3, 0.4) is 0 Å². The van der Waals surface area contributed by atoms with Gasteiger partial charge < -0.3 is 0 Å². The summed E-state index contributed by atoms with van der Waals surface area (Å²) in [6.07, 6.45) is 7.99. The van der Waals surface area contributed by atoms with Crippen molar-refractivity contribution >= 4 is 23.5 Å². The zero-order valence-electron chi connectivity index (χ0n) is 11.2. The zero-order chi connectivity index (χ0) is 13.3. The van der Waals surface area contributed by atoms with Crippen molar-refractivity contribution in [1.82, 2.24) is 10.3 Å². The van der Waals surface area contributed by atoms with Crippen molar-refractivity contribution in [1.29, 1.82) is 0 Å². The lowest BCUT2D eigenvalue weighted by molar-refractivity contribution is -0.122. The van der Waals surface area contributed by atoms with E-state index in [1.54, 1.807) is 17.6 Å². The number of hydrogen-bond donors (Lipinski definition) is 1. The van der Waals surface area contributed by atoms with Crippen LogP contribution in [0, 0.1) is 0 Å². The van der Waals surface area contributed by atoms with E-state index in [9.17, 15) is 4.79 Å². The Bertz CT molecular complexity index is 395. The van der Waals surface area contributed by atoms with E-state index in [0.29, 0.717) is 6.54 Å². The lowest BCUT2D eigenvalue weighted by Crippen LogP contribution is -2.37. The van der Waals surface area contributed by atoms with Crippen molar-refractivity contribution < 1.29 is 4.79 Å². The van der Waals surface area contributed by atoms with Crippen LogP contribution >= 0.6 is 11.3 Å². The molecule has 1 amide bonds. The van der Waals surface area contributed by atoms with Gasteiger partial charge in [0.25, 0.3) is 5.91 Å². The van der Waals surface area contributed by atoms with Crippen LogP contribution in [0.1, 0.15) is 37.7 Å². The van der Waals surface area contributed by atoms with Crippen LogP contribution in [0.2, 0.25) is 0 Å². The second-order valence-corrected chi connectivity index (χ2v) is 5.67. The Hall–Kier alpha value is -1.20. The number of thiophene rings is 1. The number of nitrogens with one attached hydrogen (secondary N) is 1. The van der Waals surface area contributed by atoms with Crippen molar-refractivity contribution in [2.45, 2.75) is 32.1 Å². The Balaban J connectivity index is 1.70. The van der Waals surface area contributed by atoms with Crippen molar-refractivity contribution in [3.63, 3.8) is 0 Å². The minimum Gasteiger partial charge on any atom is -0.294 e. The smallest absolute Gasteiger partial charge is 0.254 e. The molecule has 1 N–H and O–H groups in total. The van der Waals surface area contributed by atoms with E-state index in [-0.39, 0.29) is 5.91 Å². The number of hydrogen-bond acceptors (Lipinski definition) is 4. The number of carbonyl (C=O) groups is 1. The highest BCUT2D eigenvalue weighted by Gasteiger charge is 2.11. The third-order valence-electron chi connectivity index (χ3n) is 3.26. The predicted octanol–water partition coefficient (Wildman–Crippen LogP) is 2.46. The number of rotatable bonds is 4. The summed E-state index contributed by atoms with van der Waals surface area (Å²) < 4.78 is 0. The molecule has 4 nitrogen and oxygen atoms in total. The summed E-state index contributed by atoms with van der Waals surface area (Å²) in [6, 6.07) is 1.97. The molecule has 5 heteroatoms. The highest BCUT2D eigenvalue weighted by atomic mass is 32.1. The van der Waals surface area contributed by atoms with E-state index in [1.165, 1.54) is 32.1 Å². The zero-order valence-corrected chi connectivity index (χ0v) is 12.0. The van der Waals surface area contributed by atoms with Gasteiger partial charge in [0.15, 0.2) is 0 Å². The van der Waals surface area contributed by atoms with E-state index in [4.69, 9.17) is 0 Å². The Morgan fingerprint density at radius 2 is 2.05 bits per heavy atom. The summed E-state index contributed by atoms with van der Waals surface area (Å²) in [4.78, 5) is 14.0. The molecule has 1 fully saturated rings. The van der Waals surface area contributed by atoms with E-state index in [0.717, 1.165) is 18.7 Å². The van der Waals surface area contributed by atoms with Gasteiger partial charge in [-0.1, -0.05) is 19.3 Å². The average Bonchev–Trinajstić information content (AvgIpc) is 2.85. The Morgan fingerprint density at radius 3 is 2.74 bits per heavy atom. The van der Waals surface area contributed by atoms with E-state index >= 15 is 0 Å². The Kier molecular flexibility index (Phi) is 6.04. The molecule has 104 valence electrons. The summed E-state index contributed by atoms with van der Waals surface area (Å²) in [5.41, 5.74) is 3.62. The summed E-state index contributed by atoms with van der Waals surface area (Å²) in [5, 5.41) is 7.96. The minimum atomic E-state index is -0.0212. The van der Waals surface area contributed by atoms with Gasteiger partial charge >= 0.3 is 0 Å². The van der Waals surface area contributed by atoms with E-state index in [1.807, 2.05) is 16.8 Å². The fourth-order valence-electron chi connectivity index (χ4n) is 2.24. The maximum Gasteiger partial charge on any atom is 0.254 e. The van der Waals surface area contributed by atoms with Crippen molar-refractivity contribution in [2.24, 2.45) is 5.10 Å². The monoisotopic (exact) mass is 279 g/mol. The maximum atomic E-state index is 11.8. The van der Waals surface area contributed by atoms with Gasteiger partial charge in [0, 0.05) is 5.56 Å². The molecule has 2 rings (SSSR count). The minimum absolute atomic E-state index is 0.0212. The standard InChI is InChI=1S/C14H21N3OS/c18-14(16-15-10-13-6-9-19-12-13)11-17-7-4-2-1-3-5-8-17/h6,9-10,12H,1-5,7-8,11H2,(H,16,18)/b15-10-. The van der Waals surface area contributed by atoms with Gasteiger partial charge in [0.2, 0.25) is 0 Å². The van der Waals surface area contributed by atoms with Gasteiger partial charge in [-0.15, -0.1) is 0 Å². The summed E-state index contributed by atoms with van der Waals surface area (Å²) >= 11 is 1.62. The highest BCUT2D eigenvalue weighted by molar-refractivity contribution is 7.08. The first-order valence-corrected chi connectivity index (χ1v) is 7.85. The van der Waals surface area contributed by atoms with Crippen LogP contribution in [0.25, 0.3) is 0 Å². The average molecular weight is 279 g/mol. The van der Waals surface area contributed by atoms with Gasteiger partial charge in [0.05, 0.1) is 12.8 Å². The van der Waals surface area contributed by atoms with Crippen LogP contribution in [0.4, 0.5) is 0 Å². The molecule has 0 saturated carbocycles. The fourth-order valence-corrected chi connectivity index (χ4v) is 2.85. The fraction of sp³-hybridized carbons (Fsp3) is 0.571. The second-order valence-electron chi connectivity index (χ2n) is 4.89. The van der Waals surface area contributed by atoms with Gasteiger partial charge in [-0.2, -0.15) is 16.4 Å². The normalized spacial score (nSPS) is 18.1. The molecule has 0 bridgehead atoms. The number of hydrazone groups is 1. The van der Waals surface area contributed by atoms with Crippen LogP contribution < -0.4 is 5.43 Å². The number of carbonyl (C=O) groups excluding carboxylic acids is 1. The molecule has 0 radical (unpaired) electrons. The summed E-state index contributed by atoms with van der Waals surface area (Å²) in [6.45, 7) is 2.52. The molecule has 1 aromatic rings. The molecule has 0 atom stereocenters. The predicted molar refractivity (Wildman–Crippen MR) is 79.6 cm³/mol. The topological polar surface area (TPSA) is 44.7 Å². The quantitative estimate of drug-likeness (QED) is 0.680. The second kappa shape index (κ2) is 8.07. The SMILES string of the molecule is O=C(CN1CCCCCCC1)N/N=C\c1ccsc1. The van der Waals surface area contributed by atoms with Crippen molar-refractivity contribution in [3.05, 3.63) is 22.4 Å². The molecule has 19 heavy (non-hydrogen) atoms. The van der Waals surface area contributed by atoms with E-state index in [2.05, 4.69) is 15.4 Å². The molecule has 1 aliphatic rings. The number of nitrogens with zero attached hydrogens (tertiary/aromatic N) is 2. The van der Waals surface area contributed by atoms with Crippen molar-refractivity contribution in [3.8, 4) is 0 Å². The van der Waals surface area contributed by atoms with Crippen LogP contribution in [-0.2, 0) is 4.79 Å². The maximum absolute atomic E-state index is 11.8. The molecule has 0 aliphatic carbocycles. The van der Waals surface area contributed by atoms with Gasteiger partial charge in [0.1, 0.15) is 0 Å². The van der Waals surface area contributed by atoms with Gasteiger partial charge in [-0.05, 0) is 42.8 Å². The first-order valence-electron chi connectivity index (χ1n) is 6.91. The molecule has 0 unspecified atom stereocenters. The van der Waals surface area contributed by atoms with Gasteiger partial charge in [-0.25, -0.2) is 5.43 Å². The Labute approximate surface area is 118 Å². The molecule has 1 aromatic heterocycles. The molecular formula is C14H21N3OS. The van der Waals surface area contributed by atoms with Gasteiger partial charge in [-0.3, -0.25) is 9.69 Å². The third-order valence-corrected chi connectivity index (χ3v) is 3.96. The molecule has 1 aliphatic heterocycles. The Morgan fingerprint density at radius 1 is 1.32 bits per heavy atom.